The molecule has 2 aliphatic rings. The second kappa shape index (κ2) is 24.1. The van der Waals surface area contributed by atoms with Crippen LogP contribution < -0.4 is 9.47 Å². The van der Waals surface area contributed by atoms with Gasteiger partial charge >= 0.3 is 11.9 Å². The number of carbonyl (C=O) groups excluding carboxylic acids is 2. The predicted octanol–water partition coefficient (Wildman–Crippen LogP) is 23.0. The number of esters is 2. The number of aryl methyl sites for hydroxylation is 2. The molecule has 2 aliphatic heterocycles. The Bertz CT molecular complexity index is 4510. The first-order chi connectivity index (χ1) is 45.8. The highest BCUT2D eigenvalue weighted by Gasteiger charge is 2.38. The van der Waals surface area contributed by atoms with Gasteiger partial charge in [0.05, 0.1) is 57.8 Å². The van der Waals surface area contributed by atoms with Crippen molar-refractivity contribution < 1.29 is 38.7 Å². The molecule has 520 valence electrons. The number of fused-ring (bicyclic) bond motifs is 8. The third kappa shape index (κ3) is 13.0. The van der Waals surface area contributed by atoms with Crippen molar-refractivity contribution >= 4 is 55.6 Å². The van der Waals surface area contributed by atoms with Crippen LogP contribution in [0.25, 0.3) is 77.2 Å². The molecule has 0 aliphatic carbocycles. The maximum Gasteiger partial charge on any atom is 0.339 e. The zero-order valence-electron chi connectivity index (χ0n) is 63.6. The normalized spacial score (nSPS) is 14.3. The monoisotopic (exact) mass is 1330 g/mol. The van der Waals surface area contributed by atoms with E-state index in [4.69, 9.17) is 18.9 Å². The summed E-state index contributed by atoms with van der Waals surface area (Å²) in [6.07, 6.45) is 2.06. The third-order valence-electron chi connectivity index (χ3n) is 20.8. The standard InChI is InChI=1S/C89H106N2O8/c1-50-36-64(62-38-56(88(21,22)48-82(3,4)5)44-72(76(62)92)90-68-40-52(84(9,10)11)26-30-58(68)59-31-27-53(41-69(59)90)85(12,13)14)78(66-46-98-80(94)74(50)66)96-34-25-35-97-79-65(37-51(2)75-67(79)47-99-81(75)95)63-39-57(89(23,24)49-83(6,7)8)45-73(77(63)93)91-70-42-54(86(15,16)17)28-32-60(70)61-33-29-55(43-71(61)91)87(18,19)20/h26-33,36-45,92-93H,25,34-35,46-49H2,1-24H3. The van der Waals surface area contributed by atoms with Gasteiger partial charge < -0.3 is 38.3 Å². The molecule has 0 unspecified atom stereocenters. The first-order valence-electron chi connectivity index (χ1n) is 35.7. The molecule has 0 spiro atoms. The Kier molecular flexibility index (Phi) is 17.1. The number of cyclic esters (lactones) is 2. The van der Waals surface area contributed by atoms with Crippen molar-refractivity contribution in [2.75, 3.05) is 13.2 Å². The molecule has 0 amide bonds. The molecule has 10 nitrogen and oxygen atoms in total. The highest BCUT2D eigenvalue weighted by molar-refractivity contribution is 6.12. The molecule has 0 atom stereocenters. The van der Waals surface area contributed by atoms with E-state index in [0.29, 0.717) is 73.8 Å². The Morgan fingerprint density at radius 2 is 0.677 bits per heavy atom. The number of aromatic hydroxyl groups is 2. The summed E-state index contributed by atoms with van der Waals surface area (Å²) in [5.41, 5.74) is 16.7. The molecule has 0 bridgehead atoms. The molecule has 0 fully saturated rings. The molecule has 0 radical (unpaired) electrons. The van der Waals surface area contributed by atoms with E-state index < -0.39 is 11.9 Å². The van der Waals surface area contributed by atoms with Gasteiger partial charge in [0.1, 0.15) is 36.2 Å². The van der Waals surface area contributed by atoms with Gasteiger partial charge in [-0.3, -0.25) is 0 Å². The third-order valence-corrected chi connectivity index (χ3v) is 20.8. The first kappa shape index (κ1) is 70.4. The highest BCUT2D eigenvalue weighted by atomic mass is 16.5. The van der Waals surface area contributed by atoms with E-state index in [1.165, 1.54) is 22.3 Å². The maximum atomic E-state index is 13.8. The number of nitrogens with zero attached hydrogens (tertiary/aromatic N) is 2. The van der Waals surface area contributed by atoms with Crippen LogP contribution in [0, 0.1) is 24.7 Å². The van der Waals surface area contributed by atoms with Crippen molar-refractivity contribution in [3.05, 3.63) is 176 Å². The zero-order valence-corrected chi connectivity index (χ0v) is 63.6. The van der Waals surface area contributed by atoms with E-state index >= 15 is 0 Å². The Morgan fingerprint density at radius 3 is 0.949 bits per heavy atom. The van der Waals surface area contributed by atoms with E-state index in [1.54, 1.807) is 0 Å². The second-order valence-corrected chi connectivity index (χ2v) is 36.7. The summed E-state index contributed by atoms with van der Waals surface area (Å²) in [6, 6.07) is 39.6. The quantitative estimate of drug-likeness (QED) is 0.0816. The predicted molar refractivity (Wildman–Crippen MR) is 408 cm³/mol. The van der Waals surface area contributed by atoms with Crippen molar-refractivity contribution in [1.82, 2.24) is 9.13 Å². The number of phenols is 2. The van der Waals surface area contributed by atoms with Gasteiger partial charge in [0.15, 0.2) is 0 Å². The van der Waals surface area contributed by atoms with Gasteiger partial charge in [0, 0.05) is 61.3 Å². The van der Waals surface area contributed by atoms with Crippen LogP contribution in [0.1, 0.15) is 248 Å². The fourth-order valence-electron chi connectivity index (χ4n) is 16.2. The van der Waals surface area contributed by atoms with Crippen molar-refractivity contribution in [2.45, 2.75) is 231 Å². The summed E-state index contributed by atoms with van der Waals surface area (Å²) < 4.78 is 30.5. The van der Waals surface area contributed by atoms with Crippen LogP contribution in [0.4, 0.5) is 0 Å². The molecule has 0 saturated carbocycles. The summed E-state index contributed by atoms with van der Waals surface area (Å²) in [5.74, 6) is 0.247. The Hall–Kier alpha value is -8.50. The molecular weight excluding hydrogens is 1220 g/mol. The number of carbonyl (C=O) groups is 2. The minimum absolute atomic E-state index is 0.00361. The topological polar surface area (TPSA) is 121 Å². The summed E-state index contributed by atoms with van der Waals surface area (Å²) in [7, 11) is 0. The Labute approximate surface area is 588 Å². The number of phenolic OH excluding ortho intramolecular Hbond substituents is 2. The number of ether oxygens (including phenoxy) is 4. The van der Waals surface area contributed by atoms with Gasteiger partial charge in [-0.1, -0.05) is 201 Å². The van der Waals surface area contributed by atoms with Crippen LogP contribution in [0.15, 0.2) is 109 Å². The molecule has 10 heteroatoms. The van der Waals surface area contributed by atoms with Crippen molar-refractivity contribution in [1.29, 1.82) is 0 Å². The van der Waals surface area contributed by atoms with E-state index in [0.717, 1.165) is 78.7 Å². The summed E-state index contributed by atoms with van der Waals surface area (Å²) in [5, 5.41) is 31.4. The first-order valence-corrected chi connectivity index (χ1v) is 35.7. The lowest BCUT2D eigenvalue weighted by Crippen LogP contribution is -2.25. The average molecular weight is 1330 g/mol. The molecule has 2 aromatic heterocycles. The number of aromatic nitrogens is 2. The summed E-state index contributed by atoms with van der Waals surface area (Å²) >= 11 is 0. The number of hydrogen-bond donors (Lipinski definition) is 2. The van der Waals surface area contributed by atoms with Crippen molar-refractivity contribution in [2.24, 2.45) is 10.8 Å². The van der Waals surface area contributed by atoms with Crippen LogP contribution in [0.5, 0.6) is 23.0 Å². The molecular formula is C89H106N2O8. The molecule has 12 rings (SSSR count). The van der Waals surface area contributed by atoms with E-state index in [9.17, 15) is 19.8 Å². The van der Waals surface area contributed by atoms with Gasteiger partial charge in [-0.05, 0) is 175 Å². The molecule has 10 aromatic rings. The lowest BCUT2D eigenvalue weighted by Gasteiger charge is -2.34. The minimum Gasteiger partial charge on any atom is -0.505 e. The van der Waals surface area contributed by atoms with Crippen LogP contribution >= 0.6 is 0 Å². The summed E-state index contributed by atoms with van der Waals surface area (Å²) in [6.45, 7) is 53.7. The number of benzene rings is 8. The molecule has 0 saturated heterocycles. The number of hydrogen-bond acceptors (Lipinski definition) is 8. The Morgan fingerprint density at radius 1 is 0.384 bits per heavy atom. The van der Waals surface area contributed by atoms with Crippen LogP contribution in [0.3, 0.4) is 0 Å². The van der Waals surface area contributed by atoms with E-state index in [1.807, 2.05) is 26.0 Å². The average Bonchev–Trinajstić information content (AvgIpc) is 1.61. The van der Waals surface area contributed by atoms with Gasteiger partial charge in [0.2, 0.25) is 0 Å². The van der Waals surface area contributed by atoms with Gasteiger partial charge in [-0.15, -0.1) is 0 Å². The molecule has 2 N–H and O–H groups in total. The lowest BCUT2D eigenvalue weighted by atomic mass is 9.71. The van der Waals surface area contributed by atoms with Crippen LogP contribution in [0.2, 0.25) is 0 Å². The number of rotatable bonds is 14. The Balaban J connectivity index is 0.996. The van der Waals surface area contributed by atoms with E-state index in [2.05, 4.69) is 259 Å². The van der Waals surface area contributed by atoms with Crippen molar-refractivity contribution in [3.63, 3.8) is 0 Å². The zero-order chi connectivity index (χ0) is 72.1. The van der Waals surface area contributed by atoms with Crippen LogP contribution in [-0.4, -0.2) is 44.5 Å². The SMILES string of the molecule is Cc1cc(-c2cc(C(C)(C)CC(C)(C)C)cc(-n3c4cc(C(C)(C)C)ccc4c4ccc(C(C)(C)C)cc43)c2O)c(OCCCOc2c(-c3cc(C(C)(C)CC(C)(C)C)cc(-n4c5cc(C(C)(C)C)ccc5c5ccc(C(C)(C)C)cc54)c3O)cc(C)c3c2COC3=O)c2c1C(=O)OC2. The largest absolute Gasteiger partial charge is 0.505 e. The smallest absolute Gasteiger partial charge is 0.339 e. The van der Waals surface area contributed by atoms with Gasteiger partial charge in [-0.25, -0.2) is 9.59 Å². The van der Waals surface area contributed by atoms with E-state index in [-0.39, 0.29) is 81.2 Å². The highest BCUT2D eigenvalue weighted by Crippen LogP contribution is 2.53. The summed E-state index contributed by atoms with van der Waals surface area (Å²) in [4.78, 5) is 27.6. The van der Waals surface area contributed by atoms with Gasteiger partial charge in [-0.2, -0.15) is 0 Å². The fourth-order valence-corrected chi connectivity index (χ4v) is 16.2. The molecule has 99 heavy (non-hydrogen) atoms. The van der Waals surface area contributed by atoms with Crippen molar-refractivity contribution in [3.8, 4) is 56.6 Å². The lowest BCUT2D eigenvalue weighted by molar-refractivity contribution is 0.0524. The molecule has 8 aromatic carbocycles. The van der Waals surface area contributed by atoms with Crippen LogP contribution in [-0.2, 0) is 55.2 Å². The molecule has 4 heterocycles. The second-order valence-electron chi connectivity index (χ2n) is 36.7. The fraction of sp³-hybridized carbons (Fsp3) is 0.438. The minimum atomic E-state index is -0.418. The van der Waals surface area contributed by atoms with Gasteiger partial charge in [0.25, 0.3) is 0 Å². The maximum absolute atomic E-state index is 13.8.